The molecule has 1 aliphatic heterocycles. The molecule has 4 heteroatoms. The molecule has 1 aromatic carbocycles. The molecule has 1 aromatic heterocycles. The lowest BCUT2D eigenvalue weighted by Crippen LogP contribution is -2.47. The number of carbonyl (C=O) groups excluding carboxylic acids is 1. The van der Waals surface area contributed by atoms with Gasteiger partial charge in [-0.3, -0.25) is 9.78 Å². The van der Waals surface area contributed by atoms with Crippen LogP contribution in [0, 0.1) is 5.92 Å². The van der Waals surface area contributed by atoms with Crippen molar-refractivity contribution in [2.75, 3.05) is 13.1 Å². The van der Waals surface area contributed by atoms with Crippen LogP contribution in [0.1, 0.15) is 32.3 Å². The molecule has 0 unspecified atom stereocenters. The van der Waals surface area contributed by atoms with Crippen LogP contribution < -0.4 is 5.32 Å². The third-order valence-electron chi connectivity index (χ3n) is 4.55. The maximum Gasteiger partial charge on any atom is 0.225 e. The monoisotopic (exact) mass is 311 g/mol. The van der Waals surface area contributed by atoms with E-state index in [2.05, 4.69) is 33.4 Å². The van der Waals surface area contributed by atoms with Crippen LogP contribution in [0.4, 0.5) is 0 Å². The highest BCUT2D eigenvalue weighted by Crippen LogP contribution is 2.21. The summed E-state index contributed by atoms with van der Waals surface area (Å²) in [5.74, 6) is 0.287. The molecule has 23 heavy (non-hydrogen) atoms. The Kier molecular flexibility index (Phi) is 4.91. The fraction of sp³-hybridized carbons (Fsp3) is 0.474. The van der Waals surface area contributed by atoms with Crippen molar-refractivity contribution in [2.24, 2.45) is 5.92 Å². The van der Waals surface area contributed by atoms with Gasteiger partial charge in [-0.2, -0.15) is 0 Å². The summed E-state index contributed by atoms with van der Waals surface area (Å²) >= 11 is 0. The molecular formula is C19H25N3O. The van der Waals surface area contributed by atoms with Crippen molar-refractivity contribution >= 4 is 16.8 Å². The van der Waals surface area contributed by atoms with Crippen LogP contribution in [0.25, 0.3) is 10.9 Å². The molecule has 3 rings (SSSR count). The molecule has 1 saturated heterocycles. The molecule has 0 bridgehead atoms. The van der Waals surface area contributed by atoms with E-state index in [-0.39, 0.29) is 11.8 Å². The minimum atomic E-state index is 0.0343. The van der Waals surface area contributed by atoms with E-state index in [0.29, 0.717) is 12.6 Å². The van der Waals surface area contributed by atoms with Gasteiger partial charge in [0.1, 0.15) is 0 Å². The summed E-state index contributed by atoms with van der Waals surface area (Å²) in [5.41, 5.74) is 2.18. The van der Waals surface area contributed by atoms with E-state index in [1.807, 2.05) is 32.2 Å². The standard InChI is InChI=1S/C19H25N3O/c1-14(2)19(23)22(17-7-10-20-11-8-17)13-15-5-6-18-16(12-15)4-3-9-21-18/h3-6,9,12,14,17,20H,7-8,10-11,13H2,1-2H3. The number of amides is 1. The number of carbonyl (C=O) groups is 1. The molecule has 1 aliphatic rings. The number of nitrogens with zero attached hydrogens (tertiary/aromatic N) is 2. The van der Waals surface area contributed by atoms with Crippen molar-refractivity contribution in [3.63, 3.8) is 0 Å². The minimum Gasteiger partial charge on any atom is -0.335 e. The molecule has 4 nitrogen and oxygen atoms in total. The number of benzene rings is 1. The molecule has 2 aromatic rings. The molecule has 1 N–H and O–H groups in total. The average molecular weight is 311 g/mol. The zero-order valence-corrected chi connectivity index (χ0v) is 14.0. The van der Waals surface area contributed by atoms with Crippen LogP contribution in [0.2, 0.25) is 0 Å². The van der Waals surface area contributed by atoms with Gasteiger partial charge in [-0.15, -0.1) is 0 Å². The maximum atomic E-state index is 12.7. The summed E-state index contributed by atoms with van der Waals surface area (Å²) in [6.07, 6.45) is 3.88. The highest BCUT2D eigenvalue weighted by Gasteiger charge is 2.26. The van der Waals surface area contributed by atoms with E-state index >= 15 is 0 Å². The fourth-order valence-electron chi connectivity index (χ4n) is 3.26. The van der Waals surface area contributed by atoms with Gasteiger partial charge in [-0.25, -0.2) is 0 Å². The van der Waals surface area contributed by atoms with Crippen LogP contribution >= 0.6 is 0 Å². The predicted molar refractivity (Wildman–Crippen MR) is 93.0 cm³/mol. The number of hydrogen-bond donors (Lipinski definition) is 1. The van der Waals surface area contributed by atoms with E-state index < -0.39 is 0 Å². The first-order chi connectivity index (χ1) is 11.1. The normalized spacial score (nSPS) is 16.0. The van der Waals surface area contributed by atoms with Gasteiger partial charge in [0, 0.05) is 30.1 Å². The lowest BCUT2D eigenvalue weighted by atomic mass is 10.0. The first kappa shape index (κ1) is 15.9. The van der Waals surface area contributed by atoms with Crippen LogP contribution in [0.3, 0.4) is 0 Å². The molecule has 0 radical (unpaired) electrons. The second-order valence-corrected chi connectivity index (χ2v) is 6.63. The maximum absolute atomic E-state index is 12.7. The first-order valence-corrected chi connectivity index (χ1v) is 8.50. The molecule has 1 amide bonds. The molecule has 0 spiro atoms. The van der Waals surface area contributed by atoms with E-state index in [4.69, 9.17) is 0 Å². The van der Waals surface area contributed by atoms with Crippen LogP contribution in [-0.4, -0.2) is 34.9 Å². The lowest BCUT2D eigenvalue weighted by molar-refractivity contribution is -0.138. The van der Waals surface area contributed by atoms with Gasteiger partial charge in [-0.05, 0) is 49.7 Å². The number of hydrogen-bond acceptors (Lipinski definition) is 3. The summed E-state index contributed by atoms with van der Waals surface area (Å²) in [6, 6.07) is 10.7. The molecule has 0 saturated carbocycles. The molecule has 2 heterocycles. The summed E-state index contributed by atoms with van der Waals surface area (Å²) < 4.78 is 0. The predicted octanol–water partition coefficient (Wildman–Crippen LogP) is 2.97. The SMILES string of the molecule is CC(C)C(=O)N(Cc1ccc2ncccc2c1)C1CCNCC1. The number of fused-ring (bicyclic) bond motifs is 1. The topological polar surface area (TPSA) is 45.2 Å². The Balaban J connectivity index is 1.84. The lowest BCUT2D eigenvalue weighted by Gasteiger charge is -2.36. The van der Waals surface area contributed by atoms with Gasteiger partial charge in [0.25, 0.3) is 0 Å². The summed E-state index contributed by atoms with van der Waals surface area (Å²) in [4.78, 5) is 19.2. The first-order valence-electron chi connectivity index (χ1n) is 8.50. The van der Waals surface area contributed by atoms with Crippen molar-refractivity contribution in [1.29, 1.82) is 0 Å². The van der Waals surface area contributed by atoms with Crippen molar-refractivity contribution in [3.05, 3.63) is 42.1 Å². The third-order valence-corrected chi connectivity index (χ3v) is 4.55. The van der Waals surface area contributed by atoms with Gasteiger partial charge < -0.3 is 10.2 Å². The molecule has 0 atom stereocenters. The number of aromatic nitrogens is 1. The number of nitrogens with one attached hydrogen (secondary N) is 1. The van der Waals surface area contributed by atoms with Gasteiger partial charge in [0.05, 0.1) is 5.52 Å². The Bertz CT molecular complexity index is 677. The molecule has 0 aliphatic carbocycles. The summed E-state index contributed by atoms with van der Waals surface area (Å²) in [6.45, 7) is 6.65. The van der Waals surface area contributed by atoms with Gasteiger partial charge in [0.15, 0.2) is 0 Å². The average Bonchev–Trinajstić information content (AvgIpc) is 2.59. The molecular weight excluding hydrogens is 286 g/mol. The number of rotatable bonds is 4. The zero-order valence-electron chi connectivity index (χ0n) is 14.0. The smallest absolute Gasteiger partial charge is 0.225 e. The van der Waals surface area contributed by atoms with Crippen LogP contribution in [0.5, 0.6) is 0 Å². The summed E-state index contributed by atoms with van der Waals surface area (Å²) in [5, 5.41) is 4.51. The van der Waals surface area contributed by atoms with E-state index in [1.165, 1.54) is 5.56 Å². The van der Waals surface area contributed by atoms with E-state index in [0.717, 1.165) is 36.8 Å². The molecule has 122 valence electrons. The Morgan fingerprint density at radius 3 is 2.83 bits per heavy atom. The van der Waals surface area contributed by atoms with Gasteiger partial charge >= 0.3 is 0 Å². The molecule has 1 fully saturated rings. The Morgan fingerprint density at radius 2 is 2.09 bits per heavy atom. The Labute approximate surface area is 137 Å². The Hall–Kier alpha value is -1.94. The van der Waals surface area contributed by atoms with E-state index in [9.17, 15) is 4.79 Å². The van der Waals surface area contributed by atoms with Gasteiger partial charge in [-0.1, -0.05) is 26.0 Å². The summed E-state index contributed by atoms with van der Waals surface area (Å²) in [7, 11) is 0. The highest BCUT2D eigenvalue weighted by molar-refractivity contribution is 5.80. The quantitative estimate of drug-likeness (QED) is 0.944. The fourth-order valence-corrected chi connectivity index (χ4v) is 3.26. The van der Waals surface area contributed by atoms with Crippen LogP contribution in [0.15, 0.2) is 36.5 Å². The second-order valence-electron chi connectivity index (χ2n) is 6.63. The van der Waals surface area contributed by atoms with Gasteiger partial charge in [0.2, 0.25) is 5.91 Å². The van der Waals surface area contributed by atoms with Crippen molar-refractivity contribution in [2.45, 2.75) is 39.3 Å². The largest absolute Gasteiger partial charge is 0.335 e. The van der Waals surface area contributed by atoms with Crippen molar-refractivity contribution < 1.29 is 4.79 Å². The van der Waals surface area contributed by atoms with Crippen molar-refractivity contribution in [1.82, 2.24) is 15.2 Å². The third kappa shape index (κ3) is 3.70. The second kappa shape index (κ2) is 7.09. The minimum absolute atomic E-state index is 0.0343. The van der Waals surface area contributed by atoms with Crippen molar-refractivity contribution in [3.8, 4) is 0 Å². The highest BCUT2D eigenvalue weighted by atomic mass is 16.2. The van der Waals surface area contributed by atoms with Crippen LogP contribution in [-0.2, 0) is 11.3 Å². The van der Waals surface area contributed by atoms with E-state index in [1.54, 1.807) is 0 Å². The number of piperidine rings is 1. The zero-order chi connectivity index (χ0) is 16.2. The number of pyridine rings is 1. The Morgan fingerprint density at radius 1 is 1.30 bits per heavy atom.